The summed E-state index contributed by atoms with van der Waals surface area (Å²) in [6.07, 6.45) is 1.17. The second kappa shape index (κ2) is 7.79. The Hall–Kier alpha value is -4.00. The molecule has 0 radical (unpaired) electrons. The smallest absolute Gasteiger partial charge is 0.265 e. The first-order valence-electron chi connectivity index (χ1n) is 9.39. The third-order valence-corrected chi connectivity index (χ3v) is 4.95. The zero-order valence-corrected chi connectivity index (χ0v) is 16.2. The van der Waals surface area contributed by atoms with Gasteiger partial charge in [-0.3, -0.25) is 14.4 Å². The number of hydrogen-bond donors (Lipinski definition) is 2. The largest absolute Gasteiger partial charge is 0.464 e. The third kappa shape index (κ3) is 3.77. The zero-order chi connectivity index (χ0) is 21.3. The van der Waals surface area contributed by atoms with Crippen LogP contribution in [-0.4, -0.2) is 28.7 Å². The van der Waals surface area contributed by atoms with Crippen molar-refractivity contribution < 1.29 is 19.1 Å². The Morgan fingerprint density at radius 1 is 1.07 bits per heavy atom. The van der Waals surface area contributed by atoms with Gasteiger partial charge in [0.05, 0.1) is 0 Å². The predicted molar refractivity (Wildman–Crippen MR) is 111 cm³/mol. The topological polar surface area (TPSA) is 111 Å². The van der Waals surface area contributed by atoms with Gasteiger partial charge in [0.2, 0.25) is 11.8 Å². The fraction of sp³-hybridized carbons (Fsp3) is 0.130. The molecule has 4 rings (SSSR count). The highest BCUT2D eigenvalue weighted by molar-refractivity contribution is 5.99. The molecule has 0 saturated carbocycles. The fourth-order valence-electron chi connectivity index (χ4n) is 3.43. The van der Waals surface area contributed by atoms with Gasteiger partial charge < -0.3 is 15.8 Å². The second-order valence-corrected chi connectivity index (χ2v) is 7.02. The molecule has 0 spiro atoms. The van der Waals surface area contributed by atoms with E-state index in [1.54, 1.807) is 48.7 Å². The lowest BCUT2D eigenvalue weighted by Gasteiger charge is -2.11. The Morgan fingerprint density at radius 3 is 2.60 bits per heavy atom. The summed E-state index contributed by atoms with van der Waals surface area (Å²) in [7, 11) is 0. The maximum absolute atomic E-state index is 12.7. The molecule has 1 unspecified atom stereocenters. The molecule has 1 aromatic heterocycles. The van der Waals surface area contributed by atoms with Crippen LogP contribution in [0.25, 0.3) is 11.1 Å². The lowest BCUT2D eigenvalue weighted by Crippen LogP contribution is -2.31. The molecule has 2 heterocycles. The number of carbonyl (C=O) groups excluding carboxylic acids is 3. The number of anilines is 1. The molecular formula is C23H19N3O4. The fourth-order valence-corrected chi connectivity index (χ4v) is 3.43. The van der Waals surface area contributed by atoms with Gasteiger partial charge in [-0.15, -0.1) is 0 Å². The summed E-state index contributed by atoms with van der Waals surface area (Å²) in [6, 6.07) is 15.5. The van der Waals surface area contributed by atoms with E-state index in [2.05, 4.69) is 10.3 Å². The number of ether oxygens (including phenoxy) is 1. The monoisotopic (exact) mass is 401 g/mol. The quantitative estimate of drug-likeness (QED) is 0.639. The SMILES string of the molecule is CC(=O)c1cccc(NC(=O)C2Cc3c(-c4cccc(C(N)=O)c4)ccnc3O2)c1. The summed E-state index contributed by atoms with van der Waals surface area (Å²) in [4.78, 5) is 40.0. The van der Waals surface area contributed by atoms with E-state index < -0.39 is 12.0 Å². The number of Topliss-reactive ketones (excluding diaryl/α,β-unsaturated/α-hetero) is 1. The average Bonchev–Trinajstić information content (AvgIpc) is 3.18. The molecule has 30 heavy (non-hydrogen) atoms. The van der Waals surface area contributed by atoms with Gasteiger partial charge in [0, 0.05) is 35.0 Å². The minimum atomic E-state index is -0.756. The number of carbonyl (C=O) groups is 3. The van der Waals surface area contributed by atoms with Gasteiger partial charge in [0.15, 0.2) is 11.9 Å². The molecule has 0 bridgehead atoms. The van der Waals surface area contributed by atoms with Gasteiger partial charge in [-0.1, -0.05) is 24.3 Å². The number of pyridine rings is 1. The van der Waals surface area contributed by atoms with Gasteiger partial charge in [-0.05, 0) is 48.4 Å². The van der Waals surface area contributed by atoms with E-state index in [1.165, 1.54) is 6.92 Å². The van der Waals surface area contributed by atoms with Crippen molar-refractivity contribution in [3.05, 3.63) is 77.5 Å². The molecule has 1 aliphatic heterocycles. The van der Waals surface area contributed by atoms with Gasteiger partial charge in [0.25, 0.3) is 5.91 Å². The van der Waals surface area contributed by atoms with Crippen molar-refractivity contribution in [1.82, 2.24) is 4.98 Å². The number of nitrogens with zero attached hydrogens (tertiary/aromatic N) is 1. The summed E-state index contributed by atoms with van der Waals surface area (Å²) in [6.45, 7) is 1.47. The number of hydrogen-bond acceptors (Lipinski definition) is 5. The highest BCUT2D eigenvalue weighted by Crippen LogP contribution is 2.35. The Kier molecular flexibility index (Phi) is 5.02. The number of ketones is 1. The van der Waals surface area contributed by atoms with Crippen LogP contribution < -0.4 is 15.8 Å². The molecule has 0 aliphatic carbocycles. The lowest BCUT2D eigenvalue weighted by molar-refractivity contribution is -0.122. The molecule has 7 heteroatoms. The average molecular weight is 401 g/mol. The first kappa shape index (κ1) is 19.3. The molecule has 150 valence electrons. The molecule has 1 aliphatic rings. The number of amides is 2. The molecule has 7 nitrogen and oxygen atoms in total. The minimum Gasteiger partial charge on any atom is -0.464 e. The molecule has 2 amide bonds. The van der Waals surface area contributed by atoms with E-state index in [4.69, 9.17) is 10.5 Å². The summed E-state index contributed by atoms with van der Waals surface area (Å²) < 4.78 is 5.78. The van der Waals surface area contributed by atoms with Crippen LogP contribution in [0.2, 0.25) is 0 Å². The first-order valence-corrected chi connectivity index (χ1v) is 9.39. The third-order valence-electron chi connectivity index (χ3n) is 4.95. The van der Waals surface area contributed by atoms with E-state index in [9.17, 15) is 14.4 Å². The summed E-state index contributed by atoms with van der Waals surface area (Å²) >= 11 is 0. The van der Waals surface area contributed by atoms with Crippen LogP contribution in [0.3, 0.4) is 0 Å². The molecule has 3 N–H and O–H groups in total. The van der Waals surface area contributed by atoms with Crippen molar-refractivity contribution in [2.45, 2.75) is 19.4 Å². The Bertz CT molecular complexity index is 1170. The second-order valence-electron chi connectivity index (χ2n) is 7.02. The first-order chi connectivity index (χ1) is 14.4. The van der Waals surface area contributed by atoms with E-state index in [0.717, 1.165) is 16.7 Å². The maximum atomic E-state index is 12.7. The number of benzene rings is 2. The van der Waals surface area contributed by atoms with Gasteiger partial charge in [0.1, 0.15) is 0 Å². The summed E-state index contributed by atoms with van der Waals surface area (Å²) in [5.41, 5.74) is 9.24. The molecule has 3 aromatic rings. The highest BCUT2D eigenvalue weighted by atomic mass is 16.5. The number of primary amides is 1. The van der Waals surface area contributed by atoms with Crippen molar-refractivity contribution >= 4 is 23.3 Å². The normalized spacial score (nSPS) is 14.5. The molecule has 1 atom stereocenters. The van der Waals surface area contributed by atoms with E-state index in [-0.39, 0.29) is 11.7 Å². The summed E-state index contributed by atoms with van der Waals surface area (Å²) in [5.74, 6) is -0.536. The Labute approximate surface area is 172 Å². The van der Waals surface area contributed by atoms with Crippen molar-refractivity contribution in [2.24, 2.45) is 5.73 Å². The van der Waals surface area contributed by atoms with Crippen LogP contribution in [0.4, 0.5) is 5.69 Å². The van der Waals surface area contributed by atoms with Crippen LogP contribution in [0.1, 0.15) is 33.2 Å². The molecule has 0 fully saturated rings. The van der Waals surface area contributed by atoms with Crippen molar-refractivity contribution in [3.8, 4) is 17.0 Å². The van der Waals surface area contributed by atoms with Crippen LogP contribution in [-0.2, 0) is 11.2 Å². The van der Waals surface area contributed by atoms with Gasteiger partial charge >= 0.3 is 0 Å². The Morgan fingerprint density at radius 2 is 1.83 bits per heavy atom. The predicted octanol–water partition coefficient (Wildman–Crippen LogP) is 2.99. The minimum absolute atomic E-state index is 0.0809. The van der Waals surface area contributed by atoms with Crippen LogP contribution in [0.5, 0.6) is 5.88 Å². The van der Waals surface area contributed by atoms with E-state index >= 15 is 0 Å². The van der Waals surface area contributed by atoms with Crippen molar-refractivity contribution in [1.29, 1.82) is 0 Å². The van der Waals surface area contributed by atoms with Crippen LogP contribution in [0.15, 0.2) is 60.8 Å². The van der Waals surface area contributed by atoms with Crippen molar-refractivity contribution in [3.63, 3.8) is 0 Å². The number of rotatable bonds is 5. The zero-order valence-electron chi connectivity index (χ0n) is 16.2. The highest BCUT2D eigenvalue weighted by Gasteiger charge is 2.32. The molecule has 2 aromatic carbocycles. The molecule has 0 saturated heterocycles. The van der Waals surface area contributed by atoms with E-state index in [1.807, 2.05) is 12.1 Å². The molecular weight excluding hydrogens is 382 g/mol. The van der Waals surface area contributed by atoms with E-state index in [0.29, 0.717) is 29.1 Å². The maximum Gasteiger partial charge on any atom is 0.265 e. The number of nitrogens with two attached hydrogens (primary N) is 1. The van der Waals surface area contributed by atoms with Gasteiger partial charge in [-0.2, -0.15) is 0 Å². The van der Waals surface area contributed by atoms with Crippen molar-refractivity contribution in [2.75, 3.05) is 5.32 Å². The number of aromatic nitrogens is 1. The van der Waals surface area contributed by atoms with Crippen LogP contribution in [0, 0.1) is 0 Å². The van der Waals surface area contributed by atoms with Crippen LogP contribution >= 0.6 is 0 Å². The summed E-state index contributed by atoms with van der Waals surface area (Å²) in [5, 5.41) is 2.79. The standard InChI is InChI=1S/C23H19N3O4/c1-13(27)14-4-3-7-17(11-14)26-22(29)20-12-19-18(8-9-25-23(19)30-20)15-5-2-6-16(10-15)21(24)28/h2-11,20H,12H2,1H3,(H2,24,28)(H,26,29). The lowest BCUT2D eigenvalue weighted by atomic mass is 9.97. The Balaban J connectivity index is 1.56. The number of fused-ring (bicyclic) bond motifs is 1. The number of nitrogens with one attached hydrogen (secondary N) is 1. The van der Waals surface area contributed by atoms with Gasteiger partial charge in [-0.25, -0.2) is 4.98 Å².